The monoisotopic (exact) mass is 254 g/mol. The fourth-order valence-electron chi connectivity index (χ4n) is 1.38. The molecule has 0 unspecified atom stereocenters. The molecule has 0 aromatic carbocycles. The first-order valence-electron chi connectivity index (χ1n) is 5.98. The summed E-state index contributed by atoms with van der Waals surface area (Å²) in [6.45, 7) is 5.03. The molecule has 0 aliphatic rings. The van der Waals surface area contributed by atoms with Crippen molar-refractivity contribution >= 4 is 17.6 Å². The van der Waals surface area contributed by atoms with Crippen LogP contribution in [0.2, 0.25) is 0 Å². The first-order valence-corrected chi connectivity index (χ1v) is 7.38. The molecule has 0 bridgehead atoms. The molecule has 0 saturated carbocycles. The summed E-state index contributed by atoms with van der Waals surface area (Å²) in [5, 5.41) is 3.22. The SMILES string of the molecule is CCCNc1cnc(CN(C)CCSC)cn1. The highest BCUT2D eigenvalue weighted by Gasteiger charge is 2.02. The molecule has 17 heavy (non-hydrogen) atoms. The van der Waals surface area contributed by atoms with Crippen LogP contribution in [0.25, 0.3) is 0 Å². The van der Waals surface area contributed by atoms with E-state index in [1.165, 1.54) is 0 Å². The van der Waals surface area contributed by atoms with Gasteiger partial charge in [0.1, 0.15) is 5.82 Å². The van der Waals surface area contributed by atoms with Gasteiger partial charge in [0.2, 0.25) is 0 Å². The first kappa shape index (κ1) is 14.3. The van der Waals surface area contributed by atoms with Crippen molar-refractivity contribution in [2.45, 2.75) is 19.9 Å². The maximum Gasteiger partial charge on any atom is 0.144 e. The molecule has 1 aromatic rings. The van der Waals surface area contributed by atoms with Crippen molar-refractivity contribution in [2.24, 2.45) is 0 Å². The minimum absolute atomic E-state index is 0.863. The van der Waals surface area contributed by atoms with E-state index in [1.54, 1.807) is 0 Å². The molecule has 0 atom stereocenters. The van der Waals surface area contributed by atoms with E-state index in [2.05, 4.69) is 40.4 Å². The molecule has 1 heterocycles. The average Bonchev–Trinajstić information content (AvgIpc) is 2.35. The second-order valence-electron chi connectivity index (χ2n) is 4.05. The zero-order valence-corrected chi connectivity index (χ0v) is 11.8. The van der Waals surface area contributed by atoms with E-state index in [9.17, 15) is 0 Å². The van der Waals surface area contributed by atoms with Gasteiger partial charge in [0.05, 0.1) is 18.1 Å². The zero-order valence-electron chi connectivity index (χ0n) is 10.9. The third-order valence-electron chi connectivity index (χ3n) is 2.37. The number of anilines is 1. The average molecular weight is 254 g/mol. The Kier molecular flexibility index (Phi) is 6.96. The maximum absolute atomic E-state index is 4.41. The van der Waals surface area contributed by atoms with Gasteiger partial charge in [0.15, 0.2) is 0 Å². The molecule has 0 radical (unpaired) electrons. The van der Waals surface area contributed by atoms with E-state index in [0.717, 1.165) is 43.3 Å². The first-order chi connectivity index (χ1) is 8.26. The summed E-state index contributed by atoms with van der Waals surface area (Å²) in [6.07, 6.45) is 6.89. The van der Waals surface area contributed by atoms with Gasteiger partial charge >= 0.3 is 0 Å². The molecular weight excluding hydrogens is 232 g/mol. The fraction of sp³-hybridized carbons (Fsp3) is 0.667. The highest BCUT2D eigenvalue weighted by atomic mass is 32.2. The van der Waals surface area contributed by atoms with Crippen LogP contribution in [0, 0.1) is 0 Å². The molecule has 0 amide bonds. The Morgan fingerprint density at radius 3 is 2.76 bits per heavy atom. The van der Waals surface area contributed by atoms with Crippen molar-refractivity contribution in [3.05, 3.63) is 18.1 Å². The smallest absolute Gasteiger partial charge is 0.144 e. The van der Waals surface area contributed by atoms with E-state index in [0.29, 0.717) is 0 Å². The summed E-state index contributed by atoms with van der Waals surface area (Å²) in [5.74, 6) is 2.02. The molecule has 4 nitrogen and oxygen atoms in total. The van der Waals surface area contributed by atoms with Gasteiger partial charge in [-0.25, -0.2) is 4.98 Å². The maximum atomic E-state index is 4.41. The van der Waals surface area contributed by atoms with Gasteiger partial charge in [-0.2, -0.15) is 11.8 Å². The molecular formula is C12H22N4S. The van der Waals surface area contributed by atoms with E-state index in [4.69, 9.17) is 0 Å². The Hall–Kier alpha value is -0.810. The molecule has 0 aliphatic heterocycles. The largest absolute Gasteiger partial charge is 0.369 e. The van der Waals surface area contributed by atoms with Crippen molar-refractivity contribution in [3.63, 3.8) is 0 Å². The predicted molar refractivity (Wildman–Crippen MR) is 75.5 cm³/mol. The molecule has 0 aliphatic carbocycles. The molecule has 1 aromatic heterocycles. The summed E-state index contributed by atoms with van der Waals surface area (Å²) in [7, 11) is 2.11. The number of nitrogens with one attached hydrogen (secondary N) is 1. The van der Waals surface area contributed by atoms with Crippen molar-refractivity contribution < 1.29 is 0 Å². The highest BCUT2D eigenvalue weighted by molar-refractivity contribution is 7.98. The number of thioether (sulfide) groups is 1. The van der Waals surface area contributed by atoms with Crippen LogP contribution in [0.15, 0.2) is 12.4 Å². The topological polar surface area (TPSA) is 41.1 Å². The van der Waals surface area contributed by atoms with Gasteiger partial charge in [0, 0.05) is 25.4 Å². The van der Waals surface area contributed by atoms with Gasteiger partial charge < -0.3 is 5.32 Å². The third kappa shape index (κ3) is 5.89. The van der Waals surface area contributed by atoms with Gasteiger partial charge in [-0.15, -0.1) is 0 Å². The summed E-state index contributed by atoms with van der Waals surface area (Å²) in [6, 6.07) is 0. The van der Waals surface area contributed by atoms with E-state index in [1.807, 2.05) is 24.2 Å². The highest BCUT2D eigenvalue weighted by Crippen LogP contribution is 2.04. The quantitative estimate of drug-likeness (QED) is 0.769. The summed E-state index contributed by atoms with van der Waals surface area (Å²) >= 11 is 1.86. The Morgan fingerprint density at radius 2 is 2.18 bits per heavy atom. The minimum Gasteiger partial charge on any atom is -0.369 e. The molecule has 0 fully saturated rings. The minimum atomic E-state index is 0.863. The Morgan fingerprint density at radius 1 is 1.35 bits per heavy atom. The van der Waals surface area contributed by atoms with Gasteiger partial charge in [-0.1, -0.05) is 6.92 Å². The second-order valence-corrected chi connectivity index (χ2v) is 5.04. The standard InChI is InChI=1S/C12H22N4S/c1-4-5-13-12-9-14-11(8-15-12)10-16(2)6-7-17-3/h8-9H,4-7,10H2,1-3H3,(H,13,15). The molecule has 5 heteroatoms. The number of nitrogens with zero attached hydrogens (tertiary/aromatic N) is 3. The lowest BCUT2D eigenvalue weighted by Gasteiger charge is -2.15. The van der Waals surface area contributed by atoms with Crippen LogP contribution in [0.4, 0.5) is 5.82 Å². The van der Waals surface area contributed by atoms with Crippen LogP contribution in [0.1, 0.15) is 19.0 Å². The van der Waals surface area contributed by atoms with Gasteiger partial charge in [0.25, 0.3) is 0 Å². The van der Waals surface area contributed by atoms with Crippen molar-refractivity contribution in [2.75, 3.05) is 37.5 Å². The Labute approximate surface area is 108 Å². The van der Waals surface area contributed by atoms with Gasteiger partial charge in [-0.3, -0.25) is 9.88 Å². The molecule has 0 saturated heterocycles. The summed E-state index contributed by atoms with van der Waals surface area (Å²) in [5.41, 5.74) is 1.02. The second kappa shape index (κ2) is 8.31. The lowest BCUT2D eigenvalue weighted by atomic mass is 10.4. The molecule has 1 rings (SSSR count). The number of aromatic nitrogens is 2. The lowest BCUT2D eigenvalue weighted by Crippen LogP contribution is -2.21. The zero-order chi connectivity index (χ0) is 12.5. The van der Waals surface area contributed by atoms with Crippen molar-refractivity contribution in [3.8, 4) is 0 Å². The van der Waals surface area contributed by atoms with Crippen LogP contribution < -0.4 is 5.32 Å². The van der Waals surface area contributed by atoms with Crippen LogP contribution >= 0.6 is 11.8 Å². The van der Waals surface area contributed by atoms with Crippen molar-refractivity contribution in [1.29, 1.82) is 0 Å². The third-order valence-corrected chi connectivity index (χ3v) is 2.96. The molecule has 96 valence electrons. The van der Waals surface area contributed by atoms with Gasteiger partial charge in [-0.05, 0) is 19.7 Å². The fourth-order valence-corrected chi connectivity index (χ4v) is 1.88. The van der Waals surface area contributed by atoms with E-state index in [-0.39, 0.29) is 0 Å². The van der Waals surface area contributed by atoms with Crippen LogP contribution in [0.3, 0.4) is 0 Å². The predicted octanol–water partition coefficient (Wildman–Crippen LogP) is 2.09. The lowest BCUT2D eigenvalue weighted by molar-refractivity contribution is 0.344. The normalized spacial score (nSPS) is 10.8. The van der Waals surface area contributed by atoms with E-state index < -0.39 is 0 Å². The van der Waals surface area contributed by atoms with Crippen LogP contribution in [-0.4, -0.2) is 47.0 Å². The molecule has 1 N–H and O–H groups in total. The Balaban J connectivity index is 2.39. The van der Waals surface area contributed by atoms with Crippen molar-refractivity contribution in [1.82, 2.24) is 14.9 Å². The van der Waals surface area contributed by atoms with E-state index >= 15 is 0 Å². The molecule has 0 spiro atoms. The number of hydrogen-bond acceptors (Lipinski definition) is 5. The van der Waals surface area contributed by atoms with Crippen LogP contribution in [-0.2, 0) is 6.54 Å². The number of hydrogen-bond donors (Lipinski definition) is 1. The Bertz CT molecular complexity index is 302. The summed E-state index contributed by atoms with van der Waals surface area (Å²) in [4.78, 5) is 11.0. The van der Waals surface area contributed by atoms with Crippen LogP contribution in [0.5, 0.6) is 0 Å². The summed E-state index contributed by atoms with van der Waals surface area (Å²) < 4.78 is 0. The number of rotatable bonds is 8.